The smallest absolute Gasteiger partial charge is 0.217 e. The summed E-state index contributed by atoms with van der Waals surface area (Å²) in [7, 11) is 0. The van der Waals surface area contributed by atoms with Crippen LogP contribution in [0.1, 0.15) is 40.0 Å². The van der Waals surface area contributed by atoms with Gasteiger partial charge in [-0.05, 0) is 30.4 Å². The molecule has 0 bridgehead atoms. The number of hydrogen-bond acceptors (Lipinski definition) is 4. The van der Waals surface area contributed by atoms with E-state index in [1.807, 2.05) is 19.9 Å². The number of nitrogens with zero attached hydrogens (tertiary/aromatic N) is 3. The lowest BCUT2D eigenvalue weighted by Crippen LogP contribution is -2.52. The zero-order valence-electron chi connectivity index (χ0n) is 12.8. The van der Waals surface area contributed by atoms with Gasteiger partial charge in [0.1, 0.15) is 0 Å². The third kappa shape index (κ3) is 5.04. The highest BCUT2D eigenvalue weighted by molar-refractivity contribution is 5.73. The lowest BCUT2D eigenvalue weighted by Gasteiger charge is -2.36. The maximum atomic E-state index is 11.4. The topological polar surface area (TPSA) is 107 Å². The van der Waals surface area contributed by atoms with Crippen LogP contribution in [-0.2, 0) is 9.53 Å². The third-order valence-electron chi connectivity index (χ3n) is 3.67. The van der Waals surface area contributed by atoms with Crippen LogP contribution in [0.3, 0.4) is 0 Å². The van der Waals surface area contributed by atoms with Crippen LogP contribution in [0, 0.1) is 0 Å². The second kappa shape index (κ2) is 8.67. The standard InChI is InChI=1S/C14H24N4O3/c1-4-11(5-2)21-13-7-10(8-19)6-12(17-18-15)14(13)16-9(3)20/h7,11-14,19H,4-6,8H2,1-3H3,(H,16,20)/t12-,13+,14+/m0/s1. The normalized spacial score (nSPS) is 25.2. The molecule has 1 aliphatic rings. The molecule has 3 atom stereocenters. The number of hydrogen-bond donors (Lipinski definition) is 2. The molecule has 7 nitrogen and oxygen atoms in total. The second-order valence-corrected chi connectivity index (χ2v) is 5.22. The summed E-state index contributed by atoms with van der Waals surface area (Å²) in [5.74, 6) is -0.197. The molecule has 0 unspecified atom stereocenters. The van der Waals surface area contributed by atoms with Crippen molar-refractivity contribution in [3.05, 3.63) is 22.1 Å². The number of carbonyl (C=O) groups is 1. The molecule has 0 saturated heterocycles. The number of amides is 1. The minimum atomic E-state index is -0.453. The summed E-state index contributed by atoms with van der Waals surface area (Å²) in [6, 6.07) is -0.861. The maximum absolute atomic E-state index is 11.4. The van der Waals surface area contributed by atoms with E-state index < -0.39 is 18.2 Å². The van der Waals surface area contributed by atoms with E-state index in [2.05, 4.69) is 15.3 Å². The number of rotatable bonds is 7. The Morgan fingerprint density at radius 3 is 2.76 bits per heavy atom. The zero-order chi connectivity index (χ0) is 15.8. The summed E-state index contributed by atoms with van der Waals surface area (Å²) < 4.78 is 6.03. The molecule has 0 fully saturated rings. The van der Waals surface area contributed by atoms with Crippen molar-refractivity contribution in [1.82, 2.24) is 5.32 Å². The molecule has 118 valence electrons. The molecular weight excluding hydrogens is 272 g/mol. The zero-order valence-corrected chi connectivity index (χ0v) is 12.8. The van der Waals surface area contributed by atoms with Crippen LogP contribution in [0.15, 0.2) is 16.8 Å². The van der Waals surface area contributed by atoms with Gasteiger partial charge in [0.15, 0.2) is 0 Å². The Labute approximate surface area is 125 Å². The molecular formula is C14H24N4O3. The van der Waals surface area contributed by atoms with E-state index in [0.717, 1.165) is 18.4 Å². The predicted octanol–water partition coefficient (Wildman–Crippen LogP) is 2.07. The molecule has 0 spiro atoms. The van der Waals surface area contributed by atoms with Crippen molar-refractivity contribution in [1.29, 1.82) is 0 Å². The first-order valence-electron chi connectivity index (χ1n) is 7.32. The highest BCUT2D eigenvalue weighted by Crippen LogP contribution is 2.26. The summed E-state index contributed by atoms with van der Waals surface area (Å²) in [6.45, 7) is 5.39. The highest BCUT2D eigenvalue weighted by atomic mass is 16.5. The molecule has 1 aliphatic carbocycles. The van der Waals surface area contributed by atoms with Crippen molar-refractivity contribution in [3.8, 4) is 0 Å². The van der Waals surface area contributed by atoms with Gasteiger partial charge in [-0.1, -0.05) is 25.0 Å². The molecule has 0 heterocycles. The van der Waals surface area contributed by atoms with Crippen LogP contribution in [-0.4, -0.2) is 41.9 Å². The fourth-order valence-electron chi connectivity index (χ4n) is 2.56. The van der Waals surface area contributed by atoms with Gasteiger partial charge < -0.3 is 15.2 Å². The van der Waals surface area contributed by atoms with Gasteiger partial charge in [-0.3, -0.25) is 4.79 Å². The van der Waals surface area contributed by atoms with Crippen molar-refractivity contribution in [3.63, 3.8) is 0 Å². The number of ether oxygens (including phenoxy) is 1. The number of carbonyl (C=O) groups excluding carboxylic acids is 1. The summed E-state index contributed by atoms with van der Waals surface area (Å²) >= 11 is 0. The fraction of sp³-hybridized carbons (Fsp3) is 0.786. The van der Waals surface area contributed by atoms with Gasteiger partial charge in [-0.15, -0.1) is 0 Å². The van der Waals surface area contributed by atoms with Gasteiger partial charge in [0.2, 0.25) is 5.91 Å². The molecule has 1 amide bonds. The molecule has 0 aromatic carbocycles. The number of aliphatic hydroxyl groups excluding tert-OH is 1. The molecule has 21 heavy (non-hydrogen) atoms. The number of aliphatic hydroxyl groups is 1. The molecule has 7 heteroatoms. The lowest BCUT2D eigenvalue weighted by atomic mass is 9.88. The molecule has 0 aromatic rings. The molecule has 0 saturated carbocycles. The van der Waals surface area contributed by atoms with Crippen molar-refractivity contribution in [2.75, 3.05) is 6.61 Å². The Balaban J connectivity index is 3.03. The Hall–Kier alpha value is -1.56. The largest absolute Gasteiger partial charge is 0.392 e. The summed E-state index contributed by atoms with van der Waals surface area (Å²) in [5, 5.41) is 15.9. The van der Waals surface area contributed by atoms with Crippen molar-refractivity contribution in [2.24, 2.45) is 5.11 Å². The van der Waals surface area contributed by atoms with Crippen LogP contribution in [0.2, 0.25) is 0 Å². The molecule has 2 N–H and O–H groups in total. The third-order valence-corrected chi connectivity index (χ3v) is 3.67. The van der Waals surface area contributed by atoms with Gasteiger partial charge in [0, 0.05) is 11.8 Å². The van der Waals surface area contributed by atoms with E-state index in [1.165, 1.54) is 6.92 Å². The van der Waals surface area contributed by atoms with E-state index in [4.69, 9.17) is 10.3 Å². The summed E-state index contributed by atoms with van der Waals surface area (Å²) in [4.78, 5) is 14.3. The Kier molecular flexibility index (Phi) is 7.22. The van der Waals surface area contributed by atoms with Gasteiger partial charge >= 0.3 is 0 Å². The first-order chi connectivity index (χ1) is 10.0. The average molecular weight is 296 g/mol. The minimum Gasteiger partial charge on any atom is -0.392 e. The number of nitrogens with one attached hydrogen (secondary N) is 1. The van der Waals surface area contributed by atoms with Gasteiger partial charge in [0.05, 0.1) is 30.9 Å². The quantitative estimate of drug-likeness (QED) is 0.325. The summed E-state index contributed by atoms with van der Waals surface area (Å²) in [6.07, 6.45) is 3.64. The van der Waals surface area contributed by atoms with Crippen LogP contribution in [0.5, 0.6) is 0 Å². The minimum absolute atomic E-state index is 0.0623. The molecule has 1 rings (SSSR count). The Morgan fingerprint density at radius 1 is 1.62 bits per heavy atom. The van der Waals surface area contributed by atoms with Gasteiger partial charge in [-0.25, -0.2) is 0 Å². The fourth-order valence-corrected chi connectivity index (χ4v) is 2.56. The van der Waals surface area contributed by atoms with Crippen LogP contribution in [0.25, 0.3) is 10.4 Å². The van der Waals surface area contributed by atoms with E-state index in [0.29, 0.717) is 6.42 Å². The van der Waals surface area contributed by atoms with E-state index >= 15 is 0 Å². The molecule has 0 aliphatic heterocycles. The van der Waals surface area contributed by atoms with Crippen molar-refractivity contribution < 1.29 is 14.6 Å². The average Bonchev–Trinajstić information content (AvgIpc) is 2.47. The Morgan fingerprint density at radius 2 is 2.29 bits per heavy atom. The summed E-state index contributed by atoms with van der Waals surface area (Å²) in [5.41, 5.74) is 9.48. The first-order valence-corrected chi connectivity index (χ1v) is 7.32. The predicted molar refractivity (Wildman–Crippen MR) is 79.6 cm³/mol. The lowest BCUT2D eigenvalue weighted by molar-refractivity contribution is -0.121. The molecule has 0 aromatic heterocycles. The SMILES string of the molecule is CCC(CC)O[C@@H]1C=C(CO)C[C@H](N=[N+]=[N-])[C@H]1NC(C)=O. The molecule has 0 radical (unpaired) electrons. The van der Waals surface area contributed by atoms with E-state index in [9.17, 15) is 9.90 Å². The highest BCUT2D eigenvalue weighted by Gasteiger charge is 2.35. The van der Waals surface area contributed by atoms with E-state index in [1.54, 1.807) is 0 Å². The van der Waals surface area contributed by atoms with E-state index in [-0.39, 0.29) is 18.6 Å². The van der Waals surface area contributed by atoms with Crippen LogP contribution >= 0.6 is 0 Å². The van der Waals surface area contributed by atoms with Gasteiger partial charge in [0.25, 0.3) is 0 Å². The van der Waals surface area contributed by atoms with Gasteiger partial charge in [-0.2, -0.15) is 0 Å². The van der Waals surface area contributed by atoms with Crippen LogP contribution in [0.4, 0.5) is 0 Å². The van der Waals surface area contributed by atoms with Crippen molar-refractivity contribution in [2.45, 2.75) is 64.3 Å². The Bertz CT molecular complexity index is 428. The number of azide groups is 1. The van der Waals surface area contributed by atoms with Crippen LogP contribution < -0.4 is 5.32 Å². The monoisotopic (exact) mass is 296 g/mol. The first kappa shape index (κ1) is 17.5. The maximum Gasteiger partial charge on any atom is 0.217 e. The van der Waals surface area contributed by atoms with Crippen molar-refractivity contribution >= 4 is 5.91 Å². The second-order valence-electron chi connectivity index (χ2n) is 5.22.